The third kappa shape index (κ3) is 4.40. The summed E-state index contributed by atoms with van der Waals surface area (Å²) in [5, 5.41) is 6.38. The number of anilines is 2. The van der Waals surface area contributed by atoms with Crippen LogP contribution < -0.4 is 10.6 Å². The van der Waals surface area contributed by atoms with Crippen LogP contribution in [-0.2, 0) is 4.79 Å². The molecule has 0 bridgehead atoms. The summed E-state index contributed by atoms with van der Waals surface area (Å²) in [6.45, 7) is 8.29. The zero-order valence-corrected chi connectivity index (χ0v) is 11.8. The molecule has 0 fully saturated rings. The standard InChI is InChI=1S/C15H24N2O/c1-5-7-12(4)16-14-10-13(9-8-11(14)3)17-15(18)6-2/h8-10,12,16H,5-7H2,1-4H3,(H,17,18). The van der Waals surface area contributed by atoms with E-state index in [1.165, 1.54) is 12.0 Å². The highest BCUT2D eigenvalue weighted by molar-refractivity contribution is 5.91. The van der Waals surface area contributed by atoms with Crippen molar-refractivity contribution in [1.29, 1.82) is 0 Å². The van der Waals surface area contributed by atoms with Crippen molar-refractivity contribution in [2.24, 2.45) is 0 Å². The minimum atomic E-state index is 0.0476. The summed E-state index contributed by atoms with van der Waals surface area (Å²) >= 11 is 0. The van der Waals surface area contributed by atoms with E-state index in [1.54, 1.807) is 0 Å². The van der Waals surface area contributed by atoms with Gasteiger partial charge in [-0.05, 0) is 38.0 Å². The number of carbonyl (C=O) groups excluding carboxylic acids is 1. The van der Waals surface area contributed by atoms with Crippen molar-refractivity contribution in [2.45, 2.75) is 53.0 Å². The van der Waals surface area contributed by atoms with Gasteiger partial charge in [-0.2, -0.15) is 0 Å². The molecule has 3 heteroatoms. The third-order valence-corrected chi connectivity index (χ3v) is 2.97. The molecule has 0 aliphatic heterocycles. The maximum atomic E-state index is 11.4. The number of amides is 1. The highest BCUT2D eigenvalue weighted by Crippen LogP contribution is 2.21. The maximum Gasteiger partial charge on any atom is 0.224 e. The van der Waals surface area contributed by atoms with Gasteiger partial charge in [0, 0.05) is 23.8 Å². The first-order valence-corrected chi connectivity index (χ1v) is 6.73. The van der Waals surface area contributed by atoms with E-state index in [0.29, 0.717) is 12.5 Å². The minimum Gasteiger partial charge on any atom is -0.382 e. The maximum absolute atomic E-state index is 11.4. The highest BCUT2D eigenvalue weighted by atomic mass is 16.1. The molecule has 1 atom stereocenters. The van der Waals surface area contributed by atoms with Gasteiger partial charge in [0.2, 0.25) is 5.91 Å². The molecule has 0 aliphatic rings. The second kappa shape index (κ2) is 7.04. The number of hydrogen-bond acceptors (Lipinski definition) is 2. The summed E-state index contributed by atoms with van der Waals surface area (Å²) in [4.78, 5) is 11.4. The van der Waals surface area contributed by atoms with Crippen molar-refractivity contribution in [3.8, 4) is 0 Å². The van der Waals surface area contributed by atoms with Crippen molar-refractivity contribution in [1.82, 2.24) is 0 Å². The molecule has 0 saturated heterocycles. The molecule has 1 rings (SSSR count). The van der Waals surface area contributed by atoms with E-state index in [0.717, 1.165) is 17.8 Å². The molecule has 0 aliphatic carbocycles. The summed E-state index contributed by atoms with van der Waals surface area (Å²) in [5.41, 5.74) is 3.16. The Labute approximate surface area is 110 Å². The largest absolute Gasteiger partial charge is 0.382 e. The minimum absolute atomic E-state index is 0.0476. The van der Waals surface area contributed by atoms with Gasteiger partial charge in [-0.1, -0.05) is 26.3 Å². The van der Waals surface area contributed by atoms with Gasteiger partial charge in [-0.3, -0.25) is 4.79 Å². The molecule has 0 radical (unpaired) electrons. The lowest BCUT2D eigenvalue weighted by molar-refractivity contribution is -0.115. The molecule has 1 aromatic carbocycles. The second-order valence-electron chi connectivity index (χ2n) is 4.77. The number of rotatable bonds is 6. The summed E-state index contributed by atoms with van der Waals surface area (Å²) in [7, 11) is 0. The van der Waals surface area contributed by atoms with Gasteiger partial charge in [0.25, 0.3) is 0 Å². The average Bonchev–Trinajstić information content (AvgIpc) is 2.33. The van der Waals surface area contributed by atoms with Gasteiger partial charge in [-0.25, -0.2) is 0 Å². The lowest BCUT2D eigenvalue weighted by Gasteiger charge is -2.17. The first-order chi connectivity index (χ1) is 8.56. The van der Waals surface area contributed by atoms with Crippen LogP contribution >= 0.6 is 0 Å². The Balaban J connectivity index is 2.77. The smallest absolute Gasteiger partial charge is 0.224 e. The van der Waals surface area contributed by atoms with Crippen molar-refractivity contribution in [3.05, 3.63) is 23.8 Å². The highest BCUT2D eigenvalue weighted by Gasteiger charge is 2.06. The van der Waals surface area contributed by atoms with Gasteiger partial charge in [0.1, 0.15) is 0 Å². The lowest BCUT2D eigenvalue weighted by Crippen LogP contribution is -2.16. The van der Waals surface area contributed by atoms with Crippen molar-refractivity contribution in [3.63, 3.8) is 0 Å². The Bertz CT molecular complexity index is 401. The van der Waals surface area contributed by atoms with E-state index >= 15 is 0 Å². The van der Waals surface area contributed by atoms with Crippen LogP contribution in [0, 0.1) is 6.92 Å². The van der Waals surface area contributed by atoms with Crippen LogP contribution in [-0.4, -0.2) is 11.9 Å². The molecule has 0 heterocycles. The first-order valence-electron chi connectivity index (χ1n) is 6.73. The predicted molar refractivity (Wildman–Crippen MR) is 78.1 cm³/mol. The summed E-state index contributed by atoms with van der Waals surface area (Å²) in [5.74, 6) is 0.0476. The van der Waals surface area contributed by atoms with Crippen molar-refractivity contribution >= 4 is 17.3 Å². The molecular weight excluding hydrogens is 224 g/mol. The van der Waals surface area contributed by atoms with Crippen LogP contribution in [0.3, 0.4) is 0 Å². The molecule has 1 aromatic rings. The van der Waals surface area contributed by atoms with Crippen LogP contribution in [0.15, 0.2) is 18.2 Å². The average molecular weight is 248 g/mol. The van der Waals surface area contributed by atoms with E-state index in [-0.39, 0.29) is 5.91 Å². The summed E-state index contributed by atoms with van der Waals surface area (Å²) < 4.78 is 0. The van der Waals surface area contributed by atoms with E-state index in [4.69, 9.17) is 0 Å². The third-order valence-electron chi connectivity index (χ3n) is 2.97. The Hall–Kier alpha value is -1.51. The van der Waals surface area contributed by atoms with Crippen LogP contribution in [0.4, 0.5) is 11.4 Å². The second-order valence-corrected chi connectivity index (χ2v) is 4.77. The molecule has 18 heavy (non-hydrogen) atoms. The Kier molecular flexibility index (Phi) is 5.69. The van der Waals surface area contributed by atoms with Gasteiger partial charge in [0.15, 0.2) is 0 Å². The number of aryl methyl sites for hydroxylation is 1. The molecule has 0 spiro atoms. The van der Waals surface area contributed by atoms with Crippen LogP contribution in [0.25, 0.3) is 0 Å². The summed E-state index contributed by atoms with van der Waals surface area (Å²) in [6.07, 6.45) is 2.81. The molecule has 1 amide bonds. The van der Waals surface area contributed by atoms with Gasteiger partial charge in [0.05, 0.1) is 0 Å². The van der Waals surface area contributed by atoms with Gasteiger partial charge < -0.3 is 10.6 Å². The number of nitrogens with one attached hydrogen (secondary N) is 2. The van der Waals surface area contributed by atoms with Crippen molar-refractivity contribution in [2.75, 3.05) is 10.6 Å². The van der Waals surface area contributed by atoms with Gasteiger partial charge >= 0.3 is 0 Å². The molecule has 1 unspecified atom stereocenters. The van der Waals surface area contributed by atoms with Crippen LogP contribution in [0.1, 0.15) is 45.6 Å². The Morgan fingerprint density at radius 1 is 1.33 bits per heavy atom. The zero-order chi connectivity index (χ0) is 13.5. The van der Waals surface area contributed by atoms with E-state index in [1.807, 2.05) is 25.1 Å². The zero-order valence-electron chi connectivity index (χ0n) is 11.8. The van der Waals surface area contributed by atoms with Crippen LogP contribution in [0.5, 0.6) is 0 Å². The fourth-order valence-electron chi connectivity index (χ4n) is 1.88. The molecule has 100 valence electrons. The topological polar surface area (TPSA) is 41.1 Å². The number of hydrogen-bond donors (Lipinski definition) is 2. The molecule has 2 N–H and O–H groups in total. The first kappa shape index (κ1) is 14.6. The van der Waals surface area contributed by atoms with E-state index in [2.05, 4.69) is 31.4 Å². The quantitative estimate of drug-likeness (QED) is 0.800. The van der Waals surface area contributed by atoms with Crippen LogP contribution in [0.2, 0.25) is 0 Å². The Morgan fingerprint density at radius 3 is 2.67 bits per heavy atom. The summed E-state index contributed by atoms with van der Waals surface area (Å²) in [6, 6.07) is 6.44. The fraction of sp³-hybridized carbons (Fsp3) is 0.533. The molecule has 0 aromatic heterocycles. The lowest BCUT2D eigenvalue weighted by atomic mass is 10.1. The molecule has 0 saturated carbocycles. The fourth-order valence-corrected chi connectivity index (χ4v) is 1.88. The number of benzene rings is 1. The van der Waals surface area contributed by atoms with Gasteiger partial charge in [-0.15, -0.1) is 0 Å². The molecule has 3 nitrogen and oxygen atoms in total. The van der Waals surface area contributed by atoms with E-state index < -0.39 is 0 Å². The van der Waals surface area contributed by atoms with Crippen molar-refractivity contribution < 1.29 is 4.79 Å². The van der Waals surface area contributed by atoms with E-state index in [9.17, 15) is 4.79 Å². The Morgan fingerprint density at radius 2 is 2.06 bits per heavy atom. The SMILES string of the molecule is CCCC(C)Nc1cc(NC(=O)CC)ccc1C. The predicted octanol–water partition coefficient (Wildman–Crippen LogP) is 3.94. The monoisotopic (exact) mass is 248 g/mol. The number of carbonyl (C=O) groups is 1. The normalized spacial score (nSPS) is 12.0. The molecular formula is C15H24N2O.